The zero-order valence-corrected chi connectivity index (χ0v) is 6.60. The Hall–Kier alpha value is -1.97. The Morgan fingerprint density at radius 1 is 1.23 bits per heavy atom. The molecule has 0 fully saturated rings. The zero-order valence-electron chi connectivity index (χ0n) is 6.60. The smallest absolute Gasteiger partial charge is 0.0977 e. The lowest BCUT2D eigenvalue weighted by Crippen LogP contribution is -2.22. The van der Waals surface area contributed by atoms with Crippen molar-refractivity contribution in [3.8, 4) is 0 Å². The second-order valence-corrected chi connectivity index (χ2v) is 2.52. The first kappa shape index (κ1) is 7.67. The van der Waals surface area contributed by atoms with Crippen LogP contribution in [-0.4, -0.2) is 15.9 Å². The van der Waals surface area contributed by atoms with Crippen LogP contribution in [-0.2, 0) is 0 Å². The van der Waals surface area contributed by atoms with Crippen LogP contribution in [0.3, 0.4) is 0 Å². The molecule has 0 radical (unpaired) electrons. The Balaban J connectivity index is 2.83. The number of hydrogen-bond acceptors (Lipinski definition) is 4. The van der Waals surface area contributed by atoms with E-state index in [-0.39, 0.29) is 5.56 Å². The summed E-state index contributed by atoms with van der Waals surface area (Å²) in [7, 11) is 0. The zero-order chi connectivity index (χ0) is 9.26. The monoisotopic (exact) mass is 173 g/mol. The van der Waals surface area contributed by atoms with Crippen molar-refractivity contribution in [1.29, 1.82) is 0 Å². The minimum absolute atomic E-state index is 0.0746. The molecule has 0 saturated carbocycles. The Morgan fingerprint density at radius 2 is 2.00 bits per heavy atom. The standard InChI is InChI=1S/C9H6N2O2/c12-9(13)6-2-1-3-7-8(6)11-5-4-10-7/h1-5H,(H,12,13)/p-1. The Bertz CT molecular complexity index is 463. The highest BCUT2D eigenvalue weighted by atomic mass is 16.4. The minimum Gasteiger partial charge on any atom is -0.545 e. The van der Waals surface area contributed by atoms with Gasteiger partial charge in [0.15, 0.2) is 0 Å². The van der Waals surface area contributed by atoms with Crippen molar-refractivity contribution in [2.45, 2.75) is 0 Å². The Morgan fingerprint density at radius 3 is 2.77 bits per heavy atom. The lowest BCUT2D eigenvalue weighted by Gasteiger charge is -2.04. The van der Waals surface area contributed by atoms with E-state index in [0.717, 1.165) is 0 Å². The summed E-state index contributed by atoms with van der Waals surface area (Å²) in [4.78, 5) is 18.5. The first-order valence-electron chi connectivity index (χ1n) is 3.70. The molecule has 0 atom stereocenters. The quantitative estimate of drug-likeness (QED) is 0.608. The lowest BCUT2D eigenvalue weighted by molar-refractivity contribution is -0.254. The molecule has 0 unspecified atom stereocenters. The predicted octanol–water partition coefficient (Wildman–Crippen LogP) is -0.00670. The maximum absolute atomic E-state index is 10.6. The third-order valence-corrected chi connectivity index (χ3v) is 1.72. The van der Waals surface area contributed by atoms with Crippen LogP contribution in [0, 0.1) is 0 Å². The number of benzene rings is 1. The van der Waals surface area contributed by atoms with E-state index >= 15 is 0 Å². The SMILES string of the molecule is O=C([O-])c1cccc2nccnc12. The first-order valence-corrected chi connectivity index (χ1v) is 3.70. The molecule has 64 valence electrons. The van der Waals surface area contributed by atoms with Crippen LogP contribution in [0.5, 0.6) is 0 Å². The average Bonchev–Trinajstić information content (AvgIpc) is 2.17. The molecule has 13 heavy (non-hydrogen) atoms. The topological polar surface area (TPSA) is 65.9 Å². The van der Waals surface area contributed by atoms with Crippen LogP contribution in [0.4, 0.5) is 0 Å². The van der Waals surface area contributed by atoms with Crippen molar-refractivity contribution < 1.29 is 9.90 Å². The fourth-order valence-electron chi connectivity index (χ4n) is 1.16. The highest BCUT2D eigenvalue weighted by molar-refractivity contribution is 5.99. The highest BCUT2D eigenvalue weighted by Gasteiger charge is 2.01. The van der Waals surface area contributed by atoms with Gasteiger partial charge in [0.25, 0.3) is 0 Å². The first-order chi connectivity index (χ1) is 6.29. The Labute approximate surface area is 73.9 Å². The van der Waals surface area contributed by atoms with E-state index in [1.54, 1.807) is 12.1 Å². The predicted molar refractivity (Wildman–Crippen MR) is 43.9 cm³/mol. The van der Waals surface area contributed by atoms with Crippen LogP contribution < -0.4 is 5.11 Å². The second-order valence-electron chi connectivity index (χ2n) is 2.52. The van der Waals surface area contributed by atoms with E-state index in [2.05, 4.69) is 9.97 Å². The van der Waals surface area contributed by atoms with Gasteiger partial charge in [-0.15, -0.1) is 0 Å². The van der Waals surface area contributed by atoms with Crippen LogP contribution in [0.2, 0.25) is 0 Å². The number of carbonyl (C=O) groups is 1. The summed E-state index contributed by atoms with van der Waals surface area (Å²) in [5, 5.41) is 10.6. The summed E-state index contributed by atoms with van der Waals surface area (Å²) in [5.74, 6) is -1.23. The molecule has 1 aromatic carbocycles. The van der Waals surface area contributed by atoms with Gasteiger partial charge in [-0.1, -0.05) is 12.1 Å². The molecule has 0 spiro atoms. The molecule has 0 aliphatic carbocycles. The van der Waals surface area contributed by atoms with Crippen molar-refractivity contribution in [1.82, 2.24) is 9.97 Å². The number of carbonyl (C=O) groups excluding carboxylic acids is 1. The van der Waals surface area contributed by atoms with Crippen molar-refractivity contribution in [3.63, 3.8) is 0 Å². The second kappa shape index (κ2) is 2.82. The molecule has 0 amide bonds. The summed E-state index contributed by atoms with van der Waals surface area (Å²) < 4.78 is 0. The minimum atomic E-state index is -1.23. The van der Waals surface area contributed by atoms with Crippen molar-refractivity contribution in [2.24, 2.45) is 0 Å². The summed E-state index contributed by atoms with van der Waals surface area (Å²) in [6.07, 6.45) is 2.97. The van der Waals surface area contributed by atoms with Gasteiger partial charge in [-0.3, -0.25) is 9.97 Å². The number of rotatable bonds is 1. The number of carboxylic acids is 1. The molecule has 2 aromatic rings. The maximum atomic E-state index is 10.6. The van der Waals surface area contributed by atoms with E-state index in [4.69, 9.17) is 0 Å². The third-order valence-electron chi connectivity index (χ3n) is 1.72. The molecule has 0 bridgehead atoms. The van der Waals surface area contributed by atoms with Crippen molar-refractivity contribution in [3.05, 3.63) is 36.2 Å². The molecule has 0 N–H and O–H groups in total. The van der Waals surface area contributed by atoms with Crippen LogP contribution in [0.15, 0.2) is 30.6 Å². The highest BCUT2D eigenvalue weighted by Crippen LogP contribution is 2.12. The maximum Gasteiger partial charge on any atom is 0.0977 e. The molecule has 1 aromatic heterocycles. The van der Waals surface area contributed by atoms with Gasteiger partial charge in [0.05, 0.1) is 17.0 Å². The fourth-order valence-corrected chi connectivity index (χ4v) is 1.16. The van der Waals surface area contributed by atoms with Gasteiger partial charge >= 0.3 is 0 Å². The largest absolute Gasteiger partial charge is 0.545 e. The molecular formula is C9H5N2O2-. The fraction of sp³-hybridized carbons (Fsp3) is 0. The van der Waals surface area contributed by atoms with Gasteiger partial charge in [-0.25, -0.2) is 0 Å². The van der Waals surface area contributed by atoms with Crippen molar-refractivity contribution >= 4 is 17.0 Å². The van der Waals surface area contributed by atoms with E-state index in [9.17, 15) is 9.90 Å². The number of nitrogens with zero attached hydrogens (tertiary/aromatic N) is 2. The van der Waals surface area contributed by atoms with E-state index < -0.39 is 5.97 Å². The van der Waals surface area contributed by atoms with Crippen LogP contribution in [0.25, 0.3) is 11.0 Å². The van der Waals surface area contributed by atoms with Gasteiger partial charge in [-0.05, 0) is 6.07 Å². The Kier molecular flexibility index (Phi) is 1.66. The summed E-state index contributed by atoms with van der Waals surface area (Å²) >= 11 is 0. The lowest BCUT2D eigenvalue weighted by atomic mass is 10.2. The number of hydrogen-bond donors (Lipinski definition) is 0. The van der Waals surface area contributed by atoms with Gasteiger partial charge < -0.3 is 9.90 Å². The normalized spacial score (nSPS) is 10.2. The molecule has 1 heterocycles. The number of fused-ring (bicyclic) bond motifs is 1. The molecule has 4 nitrogen and oxygen atoms in total. The molecule has 4 heteroatoms. The average molecular weight is 173 g/mol. The van der Waals surface area contributed by atoms with Crippen molar-refractivity contribution in [2.75, 3.05) is 0 Å². The molecule has 0 saturated heterocycles. The molecule has 2 rings (SSSR count). The van der Waals surface area contributed by atoms with E-state index in [1.807, 2.05) is 0 Å². The summed E-state index contributed by atoms with van der Waals surface area (Å²) in [5.41, 5.74) is 1.000. The van der Waals surface area contributed by atoms with Crippen LogP contribution in [0.1, 0.15) is 10.4 Å². The summed E-state index contributed by atoms with van der Waals surface area (Å²) in [6, 6.07) is 4.77. The number of para-hydroxylation sites is 1. The number of aromatic nitrogens is 2. The summed E-state index contributed by atoms with van der Waals surface area (Å²) in [6.45, 7) is 0. The number of aromatic carboxylic acids is 1. The number of carboxylic acid groups (broad SMARTS) is 1. The third kappa shape index (κ3) is 1.22. The van der Waals surface area contributed by atoms with Gasteiger partial charge in [0.1, 0.15) is 0 Å². The van der Waals surface area contributed by atoms with Gasteiger partial charge in [0.2, 0.25) is 0 Å². The van der Waals surface area contributed by atoms with Gasteiger partial charge in [0, 0.05) is 18.0 Å². The van der Waals surface area contributed by atoms with Crippen LogP contribution >= 0.6 is 0 Å². The molecule has 0 aliphatic heterocycles. The van der Waals surface area contributed by atoms with E-state index in [0.29, 0.717) is 11.0 Å². The molecular weight excluding hydrogens is 168 g/mol. The van der Waals surface area contributed by atoms with E-state index in [1.165, 1.54) is 18.5 Å². The van der Waals surface area contributed by atoms with Gasteiger partial charge in [-0.2, -0.15) is 0 Å². The molecule has 0 aliphatic rings.